The summed E-state index contributed by atoms with van der Waals surface area (Å²) >= 11 is 5.05. The lowest BCUT2D eigenvalue weighted by Gasteiger charge is -2.27. The van der Waals surface area contributed by atoms with E-state index in [9.17, 15) is 9.59 Å². The first kappa shape index (κ1) is 16.5. The number of nitrogens with one attached hydrogen (secondary N) is 1. The van der Waals surface area contributed by atoms with Gasteiger partial charge in [-0.05, 0) is 37.5 Å². The Hall–Kier alpha value is -1.67. The number of anilines is 1. The molecule has 2 saturated carbocycles. The van der Waals surface area contributed by atoms with Crippen LogP contribution in [0.3, 0.4) is 0 Å². The van der Waals surface area contributed by atoms with Crippen LogP contribution in [0.4, 0.5) is 5.13 Å². The summed E-state index contributed by atoms with van der Waals surface area (Å²) in [6, 6.07) is 5.69. The zero-order chi connectivity index (χ0) is 18.0. The predicted molar refractivity (Wildman–Crippen MR) is 101 cm³/mol. The van der Waals surface area contributed by atoms with Crippen molar-refractivity contribution in [3.8, 4) is 5.75 Å². The monoisotopic (exact) mass is 436 g/mol. The van der Waals surface area contributed by atoms with E-state index in [2.05, 4.69) is 26.2 Å². The molecular weight excluding hydrogens is 420 g/mol. The molecule has 6 unspecified atom stereocenters. The number of aromatic nitrogens is 1. The van der Waals surface area contributed by atoms with Gasteiger partial charge in [0.05, 0.1) is 33.5 Å². The molecule has 0 spiro atoms. The van der Waals surface area contributed by atoms with E-state index in [1.807, 2.05) is 25.1 Å². The number of esters is 1. The number of fused-ring (bicyclic) bond motifs is 2. The molecule has 2 aliphatic carbocycles. The average Bonchev–Trinajstić information content (AvgIpc) is 3.31. The highest BCUT2D eigenvalue weighted by atomic mass is 79.9. The summed E-state index contributed by atoms with van der Waals surface area (Å²) in [5.41, 5.74) is 0.820. The first-order chi connectivity index (χ1) is 12.6. The lowest BCUT2D eigenvalue weighted by Crippen LogP contribution is -2.40. The minimum atomic E-state index is -0.346. The maximum Gasteiger partial charge on any atom is 0.310 e. The van der Waals surface area contributed by atoms with Crippen LogP contribution in [-0.2, 0) is 14.3 Å². The predicted octanol–water partition coefficient (Wildman–Crippen LogP) is 3.20. The molecule has 5 rings (SSSR count). The van der Waals surface area contributed by atoms with E-state index < -0.39 is 0 Å². The molecule has 1 aliphatic heterocycles. The summed E-state index contributed by atoms with van der Waals surface area (Å²) in [7, 11) is 0. The third-order valence-electron chi connectivity index (χ3n) is 5.73. The second-order valence-electron chi connectivity index (χ2n) is 7.03. The molecule has 1 amide bonds. The number of benzene rings is 1. The summed E-state index contributed by atoms with van der Waals surface area (Å²) in [4.78, 5) is 29.7. The topological polar surface area (TPSA) is 77.5 Å². The third-order valence-corrected chi connectivity index (χ3v) is 7.86. The largest absolute Gasteiger partial charge is 0.494 e. The quantitative estimate of drug-likeness (QED) is 0.587. The number of ether oxygens (including phenoxy) is 2. The maximum atomic E-state index is 12.9. The van der Waals surface area contributed by atoms with Crippen LogP contribution in [0, 0.1) is 23.7 Å². The summed E-state index contributed by atoms with van der Waals surface area (Å²) < 4.78 is 11.9. The molecule has 0 radical (unpaired) electrons. The van der Waals surface area contributed by atoms with Gasteiger partial charge >= 0.3 is 5.97 Å². The van der Waals surface area contributed by atoms with Gasteiger partial charge in [0, 0.05) is 5.92 Å². The molecule has 6 atom stereocenters. The Labute approximate surface area is 162 Å². The fourth-order valence-corrected chi connectivity index (χ4v) is 6.68. The second kappa shape index (κ2) is 5.92. The van der Waals surface area contributed by atoms with Gasteiger partial charge in [-0.25, -0.2) is 4.98 Å². The third kappa shape index (κ3) is 2.31. The Balaban J connectivity index is 1.39. The fourth-order valence-electron chi connectivity index (χ4n) is 4.73. The van der Waals surface area contributed by atoms with Crippen molar-refractivity contribution < 1.29 is 19.1 Å². The Kier molecular flexibility index (Phi) is 3.76. The Bertz CT molecular complexity index is 916. The van der Waals surface area contributed by atoms with Crippen LogP contribution in [0.25, 0.3) is 10.2 Å². The van der Waals surface area contributed by atoms with Gasteiger partial charge in [0.1, 0.15) is 11.9 Å². The van der Waals surface area contributed by atoms with Crippen LogP contribution in [0.15, 0.2) is 18.2 Å². The first-order valence-electron chi connectivity index (χ1n) is 8.75. The van der Waals surface area contributed by atoms with E-state index >= 15 is 0 Å². The fraction of sp³-hybridized carbons (Fsp3) is 0.500. The van der Waals surface area contributed by atoms with Crippen LogP contribution in [0.5, 0.6) is 5.75 Å². The normalized spacial score (nSPS) is 34.3. The number of amides is 1. The zero-order valence-electron chi connectivity index (χ0n) is 14.0. The second-order valence-corrected chi connectivity index (χ2v) is 9.12. The van der Waals surface area contributed by atoms with Crippen molar-refractivity contribution in [2.24, 2.45) is 23.7 Å². The van der Waals surface area contributed by atoms with Gasteiger partial charge in [0.25, 0.3) is 0 Å². The highest BCUT2D eigenvalue weighted by molar-refractivity contribution is 9.09. The number of carbonyl (C=O) groups excluding carboxylic acids is 2. The smallest absolute Gasteiger partial charge is 0.310 e. The molecule has 136 valence electrons. The average molecular weight is 437 g/mol. The van der Waals surface area contributed by atoms with Crippen molar-refractivity contribution in [3.05, 3.63) is 18.2 Å². The molecule has 6 nitrogen and oxygen atoms in total. The van der Waals surface area contributed by atoms with E-state index in [1.54, 1.807) is 0 Å². The molecule has 26 heavy (non-hydrogen) atoms. The van der Waals surface area contributed by atoms with Crippen molar-refractivity contribution in [1.82, 2.24) is 4.98 Å². The number of hydrogen-bond acceptors (Lipinski definition) is 6. The van der Waals surface area contributed by atoms with E-state index in [4.69, 9.17) is 9.47 Å². The lowest BCUT2D eigenvalue weighted by molar-refractivity contribution is -0.145. The summed E-state index contributed by atoms with van der Waals surface area (Å²) in [5.74, 6) is 0.0802. The summed E-state index contributed by atoms with van der Waals surface area (Å²) in [6.07, 6.45) is 0.799. The molecule has 3 fully saturated rings. The number of nitrogens with zero attached hydrogens (tertiary/aromatic N) is 1. The summed E-state index contributed by atoms with van der Waals surface area (Å²) in [5, 5.41) is 3.48. The number of alkyl halides is 1. The van der Waals surface area contributed by atoms with Gasteiger partial charge in [-0.3, -0.25) is 9.59 Å². The molecular formula is C18H17BrN2O4S. The molecule has 1 aromatic heterocycles. The molecule has 8 heteroatoms. The highest BCUT2D eigenvalue weighted by Crippen LogP contribution is 2.60. The van der Waals surface area contributed by atoms with E-state index in [0.717, 1.165) is 22.4 Å². The molecule has 1 N–H and O–H groups in total. The van der Waals surface area contributed by atoms with E-state index in [-0.39, 0.29) is 46.5 Å². The van der Waals surface area contributed by atoms with Crippen molar-refractivity contribution in [3.63, 3.8) is 0 Å². The number of rotatable bonds is 4. The van der Waals surface area contributed by atoms with E-state index in [1.165, 1.54) is 11.3 Å². The summed E-state index contributed by atoms with van der Waals surface area (Å²) in [6.45, 7) is 2.54. The molecule has 3 aliphatic rings. The maximum absolute atomic E-state index is 12.9. The number of halogens is 1. The van der Waals surface area contributed by atoms with Crippen molar-refractivity contribution in [1.29, 1.82) is 0 Å². The van der Waals surface area contributed by atoms with Gasteiger partial charge in [-0.1, -0.05) is 27.3 Å². The molecule has 2 heterocycles. The Morgan fingerprint density at radius 3 is 3.12 bits per heavy atom. The first-order valence-corrected chi connectivity index (χ1v) is 10.5. The van der Waals surface area contributed by atoms with Gasteiger partial charge in [0.2, 0.25) is 5.91 Å². The highest BCUT2D eigenvalue weighted by Gasteiger charge is 2.67. The molecule has 2 bridgehead atoms. The van der Waals surface area contributed by atoms with Crippen LogP contribution in [-0.4, -0.2) is 34.4 Å². The Morgan fingerprint density at radius 2 is 2.31 bits per heavy atom. The zero-order valence-corrected chi connectivity index (χ0v) is 16.4. The van der Waals surface area contributed by atoms with Crippen molar-refractivity contribution in [2.75, 3.05) is 11.9 Å². The SMILES string of the molecule is CCOc1ccc2nc(NC(=O)C3C4CC5C(OC(=O)C53)C4Br)sc2c1. The minimum Gasteiger partial charge on any atom is -0.494 e. The van der Waals surface area contributed by atoms with Crippen molar-refractivity contribution in [2.45, 2.75) is 24.3 Å². The van der Waals surface area contributed by atoms with Crippen molar-refractivity contribution >= 4 is 54.5 Å². The molecule has 2 aromatic rings. The van der Waals surface area contributed by atoms with Gasteiger partial charge in [-0.2, -0.15) is 0 Å². The van der Waals surface area contributed by atoms with Crippen LogP contribution < -0.4 is 10.1 Å². The van der Waals surface area contributed by atoms with Crippen LogP contribution >= 0.6 is 27.3 Å². The lowest BCUT2D eigenvalue weighted by atomic mass is 9.79. The number of carbonyl (C=O) groups is 2. The number of hydrogen-bond donors (Lipinski definition) is 1. The Morgan fingerprint density at radius 1 is 1.46 bits per heavy atom. The molecule has 1 saturated heterocycles. The van der Waals surface area contributed by atoms with Crippen LogP contribution in [0.2, 0.25) is 0 Å². The minimum absolute atomic E-state index is 0.0649. The molecule has 1 aromatic carbocycles. The standard InChI is InChI=1S/C18H17BrN2O4S/c1-2-24-7-3-4-10-11(5-7)26-18(20-10)21-16(22)12-8-6-9-13(12)17(23)25-15(9)14(8)19/h3-5,8-9,12-15H,2,6H2,1H3,(H,20,21,22). The van der Waals surface area contributed by atoms with Gasteiger partial charge in [-0.15, -0.1) is 0 Å². The van der Waals surface area contributed by atoms with Gasteiger partial charge < -0.3 is 14.8 Å². The number of thiazole rings is 1. The van der Waals surface area contributed by atoms with E-state index in [0.29, 0.717) is 11.7 Å². The van der Waals surface area contributed by atoms with Crippen LogP contribution in [0.1, 0.15) is 13.3 Å². The van der Waals surface area contributed by atoms with Gasteiger partial charge in [0.15, 0.2) is 5.13 Å².